The van der Waals surface area contributed by atoms with Gasteiger partial charge in [-0.15, -0.1) is 0 Å². The highest BCUT2D eigenvalue weighted by Gasteiger charge is 2.04. The monoisotopic (exact) mass is 387 g/mol. The average Bonchev–Trinajstić information content (AvgIpc) is 2.71. The van der Waals surface area contributed by atoms with Gasteiger partial charge in [0.25, 0.3) is 0 Å². The molecule has 0 fully saturated rings. The van der Waals surface area contributed by atoms with E-state index >= 15 is 0 Å². The maximum atomic E-state index is 11.5. The molecule has 4 heteroatoms. The highest BCUT2D eigenvalue weighted by atomic mass is 16.3. The van der Waals surface area contributed by atoms with E-state index in [4.69, 9.17) is 10.2 Å². The number of aliphatic hydroxyl groups excluding tert-OH is 2. The smallest absolute Gasteiger partial charge is 0.220 e. The summed E-state index contributed by atoms with van der Waals surface area (Å²) in [5.41, 5.74) is 0. The van der Waals surface area contributed by atoms with Crippen LogP contribution in [0.2, 0.25) is 0 Å². The van der Waals surface area contributed by atoms with E-state index < -0.39 is 6.10 Å². The van der Waals surface area contributed by atoms with Gasteiger partial charge >= 0.3 is 0 Å². The molecule has 0 bridgehead atoms. The Labute approximate surface area is 170 Å². The van der Waals surface area contributed by atoms with Gasteiger partial charge in [0.2, 0.25) is 5.91 Å². The Morgan fingerprint density at radius 3 is 1.86 bits per heavy atom. The zero-order valence-electron chi connectivity index (χ0n) is 17.2. The Bertz CT molecular complexity index is 542. The molecular weight excluding hydrogens is 350 g/mol. The Hall–Kier alpha value is -2.17. The molecule has 1 unspecified atom stereocenters. The fraction of sp³-hybridized carbons (Fsp3) is 0.458. The lowest BCUT2D eigenvalue weighted by atomic mass is 10.2. The van der Waals surface area contributed by atoms with E-state index in [9.17, 15) is 4.79 Å². The molecule has 3 N–H and O–H groups in total. The van der Waals surface area contributed by atoms with Crippen LogP contribution >= 0.6 is 0 Å². The topological polar surface area (TPSA) is 69.6 Å². The van der Waals surface area contributed by atoms with Crippen molar-refractivity contribution in [1.29, 1.82) is 0 Å². The summed E-state index contributed by atoms with van der Waals surface area (Å²) >= 11 is 0. The minimum Gasteiger partial charge on any atom is -0.394 e. The van der Waals surface area contributed by atoms with Gasteiger partial charge in [0.15, 0.2) is 0 Å². The molecule has 0 aliphatic heterocycles. The first-order valence-corrected chi connectivity index (χ1v) is 10.2. The standard InChI is InChI=1S/C24H37NO3/c1-2-3-4-5-6-7-8-9-10-11-12-13-14-15-16-17-18-19-20-24(28)25-21-23(27)22-26/h3-4,6-7,9-12,14-15,17-18,23,26-27H,2,5,8,13,16,19-22H2,1H3,(H,25,28)/b4-3-,7-6-,10-9-,12-11-,15-14-,18-17-. The molecule has 1 amide bonds. The Morgan fingerprint density at radius 1 is 0.821 bits per heavy atom. The number of allylic oxidation sites excluding steroid dienone is 12. The summed E-state index contributed by atoms with van der Waals surface area (Å²) in [5.74, 6) is -0.116. The van der Waals surface area contributed by atoms with Gasteiger partial charge < -0.3 is 15.5 Å². The quantitative estimate of drug-likeness (QED) is 0.269. The minimum atomic E-state index is -0.885. The van der Waals surface area contributed by atoms with Crippen molar-refractivity contribution in [2.24, 2.45) is 0 Å². The zero-order chi connectivity index (χ0) is 20.7. The van der Waals surface area contributed by atoms with Crippen LogP contribution in [0.25, 0.3) is 0 Å². The molecule has 0 rings (SSSR count). The van der Waals surface area contributed by atoms with Gasteiger partial charge in [-0.2, -0.15) is 0 Å². The number of rotatable bonds is 16. The van der Waals surface area contributed by atoms with Crippen LogP contribution in [-0.2, 0) is 4.79 Å². The lowest BCUT2D eigenvalue weighted by Crippen LogP contribution is -2.33. The van der Waals surface area contributed by atoms with Crippen LogP contribution in [0.15, 0.2) is 72.9 Å². The Kier molecular flexibility index (Phi) is 19.5. The first kappa shape index (κ1) is 25.8. The summed E-state index contributed by atoms with van der Waals surface area (Å²) in [6.07, 6.45) is 30.4. The second-order valence-electron chi connectivity index (χ2n) is 6.27. The second-order valence-corrected chi connectivity index (χ2v) is 6.27. The second kappa shape index (κ2) is 21.1. The zero-order valence-corrected chi connectivity index (χ0v) is 17.2. The van der Waals surface area contributed by atoms with Gasteiger partial charge in [-0.25, -0.2) is 0 Å². The SMILES string of the molecule is CC/C=C\C/C=C\C/C=C\C=C/C/C=C\C/C=C\CCC(=O)NCC(O)CO. The predicted octanol–water partition coefficient (Wildman–Crippen LogP) is 4.54. The molecule has 0 radical (unpaired) electrons. The largest absolute Gasteiger partial charge is 0.394 e. The Balaban J connectivity index is 3.62. The molecule has 4 nitrogen and oxygen atoms in total. The fourth-order valence-electron chi connectivity index (χ4n) is 2.09. The number of nitrogens with one attached hydrogen (secondary N) is 1. The van der Waals surface area contributed by atoms with Crippen LogP contribution in [0.4, 0.5) is 0 Å². The van der Waals surface area contributed by atoms with Crippen molar-refractivity contribution in [2.75, 3.05) is 13.2 Å². The number of hydrogen-bond donors (Lipinski definition) is 3. The summed E-state index contributed by atoms with van der Waals surface area (Å²) in [7, 11) is 0. The van der Waals surface area contributed by atoms with Crippen molar-refractivity contribution in [3.63, 3.8) is 0 Å². The lowest BCUT2D eigenvalue weighted by molar-refractivity contribution is -0.121. The Morgan fingerprint density at radius 2 is 1.32 bits per heavy atom. The number of carbonyl (C=O) groups is 1. The third kappa shape index (κ3) is 20.1. The molecule has 1 atom stereocenters. The molecule has 0 aromatic carbocycles. The molecule has 0 saturated heterocycles. The van der Waals surface area contributed by atoms with Gasteiger partial charge in [-0.1, -0.05) is 79.8 Å². The van der Waals surface area contributed by atoms with Gasteiger partial charge in [0, 0.05) is 13.0 Å². The summed E-state index contributed by atoms with van der Waals surface area (Å²) in [6.45, 7) is 1.89. The van der Waals surface area contributed by atoms with Gasteiger partial charge in [0.1, 0.15) is 0 Å². The maximum Gasteiger partial charge on any atom is 0.220 e. The average molecular weight is 388 g/mol. The van der Waals surface area contributed by atoms with Gasteiger partial charge in [-0.05, 0) is 38.5 Å². The molecule has 0 aromatic rings. The third-order valence-electron chi connectivity index (χ3n) is 3.66. The van der Waals surface area contributed by atoms with Gasteiger partial charge in [-0.3, -0.25) is 4.79 Å². The fourth-order valence-corrected chi connectivity index (χ4v) is 2.09. The summed E-state index contributed by atoms with van der Waals surface area (Å²) in [6, 6.07) is 0. The van der Waals surface area contributed by atoms with Crippen molar-refractivity contribution in [2.45, 2.75) is 58.0 Å². The molecule has 0 spiro atoms. The first-order valence-electron chi connectivity index (χ1n) is 10.2. The van der Waals surface area contributed by atoms with Crippen molar-refractivity contribution in [1.82, 2.24) is 5.32 Å². The van der Waals surface area contributed by atoms with E-state index in [-0.39, 0.29) is 19.1 Å². The predicted molar refractivity (Wildman–Crippen MR) is 119 cm³/mol. The van der Waals surface area contributed by atoms with Crippen LogP contribution in [0.1, 0.15) is 51.9 Å². The van der Waals surface area contributed by atoms with E-state index in [0.29, 0.717) is 12.8 Å². The van der Waals surface area contributed by atoms with Crippen LogP contribution in [-0.4, -0.2) is 35.4 Å². The number of carbonyl (C=O) groups excluding carboxylic acids is 1. The molecule has 0 aliphatic carbocycles. The van der Waals surface area contributed by atoms with Crippen LogP contribution in [0.5, 0.6) is 0 Å². The van der Waals surface area contributed by atoms with E-state index in [1.807, 2.05) is 12.2 Å². The van der Waals surface area contributed by atoms with Crippen LogP contribution < -0.4 is 5.32 Å². The van der Waals surface area contributed by atoms with E-state index in [1.165, 1.54) is 0 Å². The van der Waals surface area contributed by atoms with Crippen molar-refractivity contribution < 1.29 is 15.0 Å². The minimum absolute atomic E-state index is 0.0951. The van der Waals surface area contributed by atoms with E-state index in [1.54, 1.807) is 0 Å². The molecular formula is C24H37NO3. The van der Waals surface area contributed by atoms with E-state index in [0.717, 1.165) is 32.1 Å². The molecule has 28 heavy (non-hydrogen) atoms. The van der Waals surface area contributed by atoms with Crippen molar-refractivity contribution >= 4 is 5.91 Å². The first-order chi connectivity index (χ1) is 13.7. The molecule has 0 aromatic heterocycles. The van der Waals surface area contributed by atoms with E-state index in [2.05, 4.69) is 73.0 Å². The highest BCUT2D eigenvalue weighted by Crippen LogP contribution is 1.97. The molecule has 0 heterocycles. The molecule has 0 saturated carbocycles. The summed E-state index contributed by atoms with van der Waals surface area (Å²) in [5, 5.41) is 20.4. The number of hydrogen-bond acceptors (Lipinski definition) is 3. The third-order valence-corrected chi connectivity index (χ3v) is 3.66. The van der Waals surface area contributed by atoms with Crippen LogP contribution in [0.3, 0.4) is 0 Å². The van der Waals surface area contributed by atoms with Crippen molar-refractivity contribution in [3.05, 3.63) is 72.9 Å². The normalized spacial score (nSPS) is 14.0. The summed E-state index contributed by atoms with van der Waals surface area (Å²) in [4.78, 5) is 11.5. The highest BCUT2D eigenvalue weighted by molar-refractivity contribution is 5.75. The molecule has 0 aliphatic rings. The summed E-state index contributed by atoms with van der Waals surface area (Å²) < 4.78 is 0. The number of aliphatic hydroxyl groups is 2. The van der Waals surface area contributed by atoms with Crippen LogP contribution in [0, 0.1) is 0 Å². The van der Waals surface area contributed by atoms with Gasteiger partial charge in [0.05, 0.1) is 12.7 Å². The maximum absolute atomic E-state index is 11.5. The molecule has 156 valence electrons. The number of amides is 1. The lowest BCUT2D eigenvalue weighted by Gasteiger charge is -2.07. The van der Waals surface area contributed by atoms with Crippen molar-refractivity contribution in [3.8, 4) is 0 Å².